The van der Waals surface area contributed by atoms with Gasteiger partial charge in [-0.25, -0.2) is 4.98 Å². The van der Waals surface area contributed by atoms with E-state index in [2.05, 4.69) is 23.3 Å². The summed E-state index contributed by atoms with van der Waals surface area (Å²) in [5.74, 6) is 0.539. The number of carbonyl (C=O) groups is 1. The average Bonchev–Trinajstić information content (AvgIpc) is 2.44. The van der Waals surface area contributed by atoms with E-state index < -0.39 is 0 Å². The Bertz CT molecular complexity index is 467. The molecule has 1 unspecified atom stereocenters. The van der Waals surface area contributed by atoms with Gasteiger partial charge in [0.15, 0.2) is 0 Å². The molecule has 5 heteroatoms. The lowest BCUT2D eigenvalue weighted by Crippen LogP contribution is -2.35. The van der Waals surface area contributed by atoms with Crippen LogP contribution in [0.15, 0.2) is 18.2 Å². The van der Waals surface area contributed by atoms with Crippen molar-refractivity contribution in [2.75, 3.05) is 18.9 Å². The van der Waals surface area contributed by atoms with Gasteiger partial charge in [0.1, 0.15) is 11.5 Å². The molecule has 0 aromatic carbocycles. The molecule has 0 spiro atoms. The summed E-state index contributed by atoms with van der Waals surface area (Å²) in [6, 6.07) is 7.28. The number of aromatic nitrogens is 1. The molecule has 1 N–H and O–H groups in total. The summed E-state index contributed by atoms with van der Waals surface area (Å²) in [6.45, 7) is 4.74. The van der Waals surface area contributed by atoms with Gasteiger partial charge in [0.25, 0.3) is 5.91 Å². The highest BCUT2D eigenvalue weighted by Crippen LogP contribution is 2.10. The van der Waals surface area contributed by atoms with Gasteiger partial charge in [0.05, 0.1) is 12.5 Å². The maximum Gasteiger partial charge on any atom is 0.272 e. The Hall–Kier alpha value is -2.09. The third-order valence-corrected chi connectivity index (χ3v) is 2.89. The minimum absolute atomic E-state index is 0.119. The number of carbonyl (C=O) groups excluding carboxylic acids is 1. The molecule has 0 aliphatic carbocycles. The van der Waals surface area contributed by atoms with Gasteiger partial charge in [0.2, 0.25) is 0 Å². The van der Waals surface area contributed by atoms with Crippen LogP contribution in [-0.4, -0.2) is 35.4 Å². The lowest BCUT2D eigenvalue weighted by Gasteiger charge is -2.22. The Balaban J connectivity index is 2.79. The van der Waals surface area contributed by atoms with E-state index in [0.717, 1.165) is 13.0 Å². The highest BCUT2D eigenvalue weighted by atomic mass is 16.2. The standard InChI is InChI=1S/C14H20N4O/c1-4-10-16-13-7-5-6-12(17-13)14(19)18(3)11(2)8-9-15/h5-7,11H,4,8,10H2,1-3H3,(H,16,17). The van der Waals surface area contributed by atoms with Crippen LogP contribution in [0.2, 0.25) is 0 Å². The van der Waals surface area contributed by atoms with Gasteiger partial charge in [-0.2, -0.15) is 5.26 Å². The molecule has 5 nitrogen and oxygen atoms in total. The van der Waals surface area contributed by atoms with Crippen molar-refractivity contribution in [2.24, 2.45) is 0 Å². The molecule has 0 fully saturated rings. The quantitative estimate of drug-likeness (QED) is 0.852. The van der Waals surface area contributed by atoms with E-state index in [1.165, 1.54) is 0 Å². The van der Waals surface area contributed by atoms with Crippen molar-refractivity contribution in [1.82, 2.24) is 9.88 Å². The van der Waals surface area contributed by atoms with Crippen LogP contribution in [0.5, 0.6) is 0 Å². The summed E-state index contributed by atoms with van der Waals surface area (Å²) in [4.78, 5) is 18.1. The zero-order valence-corrected chi connectivity index (χ0v) is 11.7. The van der Waals surface area contributed by atoms with Crippen molar-refractivity contribution < 1.29 is 4.79 Å². The van der Waals surface area contributed by atoms with Gasteiger partial charge >= 0.3 is 0 Å². The minimum Gasteiger partial charge on any atom is -0.370 e. The van der Waals surface area contributed by atoms with Crippen LogP contribution in [0.3, 0.4) is 0 Å². The highest BCUT2D eigenvalue weighted by Gasteiger charge is 2.18. The number of nitrogens with zero attached hydrogens (tertiary/aromatic N) is 3. The van der Waals surface area contributed by atoms with Gasteiger partial charge in [-0.1, -0.05) is 13.0 Å². The molecule has 1 aromatic heterocycles. The summed E-state index contributed by atoms with van der Waals surface area (Å²) in [5, 5.41) is 11.8. The molecular weight excluding hydrogens is 240 g/mol. The third-order valence-electron chi connectivity index (χ3n) is 2.89. The van der Waals surface area contributed by atoms with E-state index in [-0.39, 0.29) is 11.9 Å². The summed E-state index contributed by atoms with van der Waals surface area (Å²) in [5.41, 5.74) is 0.397. The third kappa shape index (κ3) is 4.25. The van der Waals surface area contributed by atoms with E-state index in [0.29, 0.717) is 17.9 Å². The molecule has 1 atom stereocenters. The molecule has 1 amide bonds. The predicted octanol–water partition coefficient (Wildman–Crippen LogP) is 2.28. The highest BCUT2D eigenvalue weighted by molar-refractivity contribution is 5.92. The topological polar surface area (TPSA) is 69.0 Å². The molecule has 1 rings (SSSR count). The van der Waals surface area contributed by atoms with Crippen molar-refractivity contribution in [1.29, 1.82) is 5.26 Å². The second-order valence-corrected chi connectivity index (χ2v) is 4.46. The smallest absolute Gasteiger partial charge is 0.272 e. The number of hydrogen-bond donors (Lipinski definition) is 1. The molecule has 0 saturated heterocycles. The molecule has 0 saturated carbocycles. The second kappa shape index (κ2) is 7.37. The molecule has 19 heavy (non-hydrogen) atoms. The number of anilines is 1. The zero-order valence-electron chi connectivity index (χ0n) is 11.7. The van der Waals surface area contributed by atoms with E-state index >= 15 is 0 Å². The molecule has 1 heterocycles. The number of hydrogen-bond acceptors (Lipinski definition) is 4. The molecule has 0 bridgehead atoms. The number of pyridine rings is 1. The normalized spacial score (nSPS) is 11.5. The van der Waals surface area contributed by atoms with Crippen LogP contribution in [0, 0.1) is 11.3 Å². The van der Waals surface area contributed by atoms with E-state index in [9.17, 15) is 4.79 Å². The van der Waals surface area contributed by atoms with E-state index in [1.54, 1.807) is 24.1 Å². The Labute approximate surface area is 114 Å². The lowest BCUT2D eigenvalue weighted by atomic mass is 10.2. The monoisotopic (exact) mass is 260 g/mol. The first-order chi connectivity index (χ1) is 9.10. The average molecular weight is 260 g/mol. The largest absolute Gasteiger partial charge is 0.370 e. The van der Waals surface area contributed by atoms with Crippen LogP contribution < -0.4 is 5.32 Å². The number of amides is 1. The fourth-order valence-corrected chi connectivity index (χ4v) is 1.56. The molecule has 1 aromatic rings. The summed E-state index contributed by atoms with van der Waals surface area (Å²) in [7, 11) is 1.69. The van der Waals surface area contributed by atoms with Crippen LogP contribution in [0.4, 0.5) is 5.82 Å². The van der Waals surface area contributed by atoms with Crippen molar-refractivity contribution in [2.45, 2.75) is 32.7 Å². The van der Waals surface area contributed by atoms with Crippen LogP contribution >= 0.6 is 0 Å². The first kappa shape index (κ1) is 15.0. The number of nitriles is 1. The first-order valence-electron chi connectivity index (χ1n) is 6.45. The van der Waals surface area contributed by atoms with Gasteiger partial charge < -0.3 is 10.2 Å². The van der Waals surface area contributed by atoms with Gasteiger partial charge in [-0.15, -0.1) is 0 Å². The fraction of sp³-hybridized carbons (Fsp3) is 0.500. The van der Waals surface area contributed by atoms with Crippen molar-refractivity contribution in [3.63, 3.8) is 0 Å². The second-order valence-electron chi connectivity index (χ2n) is 4.46. The molecule has 0 radical (unpaired) electrons. The van der Waals surface area contributed by atoms with Crippen LogP contribution in [0.25, 0.3) is 0 Å². The molecular formula is C14H20N4O. The SMILES string of the molecule is CCCNc1cccc(C(=O)N(C)C(C)CC#N)n1. The van der Waals surface area contributed by atoms with Gasteiger partial charge in [0, 0.05) is 19.6 Å². The van der Waals surface area contributed by atoms with Crippen molar-refractivity contribution >= 4 is 11.7 Å². The maximum atomic E-state index is 12.2. The van der Waals surface area contributed by atoms with Crippen LogP contribution in [-0.2, 0) is 0 Å². The Kier molecular flexibility index (Phi) is 5.80. The summed E-state index contributed by atoms with van der Waals surface area (Å²) < 4.78 is 0. The van der Waals surface area contributed by atoms with Gasteiger partial charge in [-0.3, -0.25) is 4.79 Å². The Morgan fingerprint density at radius 2 is 2.32 bits per heavy atom. The maximum absolute atomic E-state index is 12.2. The number of nitrogens with one attached hydrogen (secondary N) is 1. The van der Waals surface area contributed by atoms with Crippen LogP contribution in [0.1, 0.15) is 37.2 Å². The van der Waals surface area contributed by atoms with Crippen molar-refractivity contribution in [3.8, 4) is 6.07 Å². The van der Waals surface area contributed by atoms with Crippen molar-refractivity contribution in [3.05, 3.63) is 23.9 Å². The lowest BCUT2D eigenvalue weighted by molar-refractivity contribution is 0.0740. The molecule has 102 valence electrons. The fourth-order valence-electron chi connectivity index (χ4n) is 1.56. The first-order valence-corrected chi connectivity index (χ1v) is 6.45. The van der Waals surface area contributed by atoms with E-state index in [1.807, 2.05) is 13.0 Å². The Morgan fingerprint density at radius 1 is 1.58 bits per heavy atom. The minimum atomic E-state index is -0.164. The molecule has 0 aliphatic rings. The molecule has 0 aliphatic heterocycles. The predicted molar refractivity (Wildman–Crippen MR) is 74.8 cm³/mol. The van der Waals surface area contributed by atoms with E-state index in [4.69, 9.17) is 5.26 Å². The Morgan fingerprint density at radius 3 is 2.95 bits per heavy atom. The zero-order chi connectivity index (χ0) is 14.3. The summed E-state index contributed by atoms with van der Waals surface area (Å²) in [6.07, 6.45) is 1.31. The summed E-state index contributed by atoms with van der Waals surface area (Å²) >= 11 is 0. The number of rotatable bonds is 6. The van der Waals surface area contributed by atoms with Gasteiger partial charge in [-0.05, 0) is 25.5 Å².